The Labute approximate surface area is 128 Å². The van der Waals surface area contributed by atoms with Crippen LogP contribution in [0.4, 0.5) is 13.6 Å². The molecular formula is C13H24F2N2O5. The summed E-state index contributed by atoms with van der Waals surface area (Å²) in [4.78, 5) is 22.9. The summed E-state index contributed by atoms with van der Waals surface area (Å²) in [6, 6.07) is -1.35. The van der Waals surface area contributed by atoms with E-state index in [0.29, 0.717) is 0 Å². The highest BCUT2D eigenvalue weighted by atomic mass is 19.3. The average Bonchev–Trinajstić information content (AvgIpc) is 2.76. The van der Waals surface area contributed by atoms with E-state index in [2.05, 4.69) is 23.9 Å². The Balaban J connectivity index is 0.00000135. The number of halogens is 2. The number of hydrogen-bond donors (Lipinski definition) is 2. The van der Waals surface area contributed by atoms with Crippen molar-refractivity contribution in [2.45, 2.75) is 44.9 Å². The van der Waals surface area contributed by atoms with Crippen molar-refractivity contribution in [3.8, 4) is 0 Å². The lowest BCUT2D eigenvalue weighted by Gasteiger charge is -2.29. The van der Waals surface area contributed by atoms with E-state index >= 15 is 0 Å². The monoisotopic (exact) mass is 326 g/mol. The van der Waals surface area contributed by atoms with Crippen LogP contribution in [0, 0.1) is 0 Å². The first-order valence-electron chi connectivity index (χ1n) is 6.93. The Morgan fingerprint density at radius 2 is 1.95 bits per heavy atom. The third-order valence-corrected chi connectivity index (χ3v) is 2.84. The van der Waals surface area contributed by atoms with Crippen molar-refractivity contribution in [2.24, 2.45) is 0 Å². The van der Waals surface area contributed by atoms with Gasteiger partial charge in [0.25, 0.3) is 5.92 Å². The number of amides is 1. The van der Waals surface area contributed by atoms with Crippen molar-refractivity contribution in [1.29, 1.82) is 0 Å². The molecule has 1 saturated heterocycles. The first kappa shape index (κ1) is 20.5. The van der Waals surface area contributed by atoms with Gasteiger partial charge >= 0.3 is 12.1 Å². The molecule has 1 fully saturated rings. The predicted octanol–water partition coefficient (Wildman–Crippen LogP) is 1.53. The Morgan fingerprint density at radius 1 is 1.41 bits per heavy atom. The van der Waals surface area contributed by atoms with Gasteiger partial charge in [0.05, 0.1) is 20.2 Å². The number of nitrogens with zero attached hydrogens (tertiary/aromatic N) is 1. The minimum Gasteiger partial charge on any atom is -0.480 e. The highest BCUT2D eigenvalue weighted by Gasteiger charge is 2.50. The number of rotatable bonds is 5. The van der Waals surface area contributed by atoms with E-state index in [0.717, 1.165) is 12.0 Å². The molecule has 9 heteroatoms. The quantitative estimate of drug-likeness (QED) is 0.796. The van der Waals surface area contributed by atoms with Gasteiger partial charge in [-0.05, 0) is 0 Å². The van der Waals surface area contributed by atoms with Crippen LogP contribution in [0.15, 0.2) is 0 Å². The number of carboxylic acids is 1. The van der Waals surface area contributed by atoms with Crippen LogP contribution < -0.4 is 5.32 Å². The number of nitrogens with one attached hydrogen (secondary N) is 1. The molecule has 2 atom stereocenters. The largest absolute Gasteiger partial charge is 0.480 e. The Morgan fingerprint density at radius 3 is 2.36 bits per heavy atom. The third-order valence-electron chi connectivity index (χ3n) is 2.84. The molecule has 1 aliphatic rings. The van der Waals surface area contributed by atoms with Crippen LogP contribution in [0.2, 0.25) is 0 Å². The summed E-state index contributed by atoms with van der Waals surface area (Å²) in [5, 5.41) is 11.2. The molecule has 2 unspecified atom stereocenters. The van der Waals surface area contributed by atoms with Crippen LogP contribution in [-0.4, -0.2) is 67.6 Å². The van der Waals surface area contributed by atoms with E-state index in [1.807, 2.05) is 0 Å². The summed E-state index contributed by atoms with van der Waals surface area (Å²) in [5.41, 5.74) is 0. The topological polar surface area (TPSA) is 88.1 Å². The molecule has 22 heavy (non-hydrogen) atoms. The SMILES string of the molecule is CCC.COC(=O)NCC(OC)N1CC(F)(F)CC1C(=O)O. The third kappa shape index (κ3) is 6.52. The number of methoxy groups -OCH3 is 2. The Kier molecular flexibility index (Phi) is 8.88. The normalized spacial score (nSPS) is 21.5. The lowest BCUT2D eigenvalue weighted by molar-refractivity contribution is -0.147. The Bertz CT molecular complexity index is 368. The van der Waals surface area contributed by atoms with Crippen LogP contribution in [-0.2, 0) is 14.3 Å². The molecule has 1 amide bonds. The van der Waals surface area contributed by atoms with Gasteiger partial charge in [-0.3, -0.25) is 9.69 Å². The second kappa shape index (κ2) is 9.52. The number of likely N-dealkylation sites (tertiary alicyclic amines) is 1. The summed E-state index contributed by atoms with van der Waals surface area (Å²) < 4.78 is 35.9. The molecule has 0 radical (unpaired) electrons. The molecule has 1 rings (SSSR count). The first-order valence-corrected chi connectivity index (χ1v) is 6.93. The highest BCUT2D eigenvalue weighted by molar-refractivity contribution is 5.74. The molecule has 1 heterocycles. The van der Waals surface area contributed by atoms with E-state index < -0.39 is 43.2 Å². The number of alkyl carbamates (subject to hydrolysis) is 1. The van der Waals surface area contributed by atoms with Crippen molar-refractivity contribution in [3.05, 3.63) is 0 Å². The van der Waals surface area contributed by atoms with Gasteiger partial charge in [0, 0.05) is 13.5 Å². The summed E-state index contributed by atoms with van der Waals surface area (Å²) in [6.07, 6.45) is -1.24. The molecule has 2 N–H and O–H groups in total. The van der Waals surface area contributed by atoms with Crippen LogP contribution in [0.5, 0.6) is 0 Å². The number of carboxylic acid groups (broad SMARTS) is 1. The van der Waals surface area contributed by atoms with Gasteiger partial charge in [-0.15, -0.1) is 0 Å². The molecular weight excluding hydrogens is 302 g/mol. The fourth-order valence-electron chi connectivity index (χ4n) is 1.95. The van der Waals surface area contributed by atoms with E-state index in [1.165, 1.54) is 13.5 Å². The number of aliphatic carboxylic acids is 1. The van der Waals surface area contributed by atoms with Gasteiger partial charge in [-0.1, -0.05) is 20.3 Å². The molecule has 130 valence electrons. The van der Waals surface area contributed by atoms with Crippen LogP contribution in [0.3, 0.4) is 0 Å². The van der Waals surface area contributed by atoms with E-state index in [9.17, 15) is 18.4 Å². The maximum atomic E-state index is 13.3. The minimum absolute atomic E-state index is 0.150. The zero-order chi connectivity index (χ0) is 17.3. The van der Waals surface area contributed by atoms with Crippen molar-refractivity contribution >= 4 is 12.1 Å². The van der Waals surface area contributed by atoms with E-state index in [4.69, 9.17) is 9.84 Å². The van der Waals surface area contributed by atoms with Gasteiger partial charge in [0.15, 0.2) is 0 Å². The van der Waals surface area contributed by atoms with Crippen LogP contribution in [0.25, 0.3) is 0 Å². The van der Waals surface area contributed by atoms with Crippen molar-refractivity contribution in [1.82, 2.24) is 10.2 Å². The zero-order valence-corrected chi connectivity index (χ0v) is 13.3. The molecule has 0 aromatic carbocycles. The molecule has 0 bridgehead atoms. The smallest absolute Gasteiger partial charge is 0.406 e. The van der Waals surface area contributed by atoms with Crippen molar-refractivity contribution in [3.63, 3.8) is 0 Å². The van der Waals surface area contributed by atoms with E-state index in [-0.39, 0.29) is 6.54 Å². The van der Waals surface area contributed by atoms with Gasteiger partial charge in [0.1, 0.15) is 12.3 Å². The van der Waals surface area contributed by atoms with Gasteiger partial charge in [-0.25, -0.2) is 13.6 Å². The Hall–Kier alpha value is -1.48. The van der Waals surface area contributed by atoms with Gasteiger partial charge in [0.2, 0.25) is 0 Å². The number of carbonyl (C=O) groups excluding carboxylic acids is 1. The van der Waals surface area contributed by atoms with E-state index in [1.54, 1.807) is 0 Å². The van der Waals surface area contributed by atoms with Gasteiger partial charge < -0.3 is 19.9 Å². The molecule has 1 aliphatic heterocycles. The molecule has 0 aromatic heterocycles. The first-order chi connectivity index (χ1) is 10.2. The summed E-state index contributed by atoms with van der Waals surface area (Å²) in [6.45, 7) is 3.37. The van der Waals surface area contributed by atoms with Crippen molar-refractivity contribution < 1.29 is 33.0 Å². The lowest BCUT2D eigenvalue weighted by Crippen LogP contribution is -2.49. The standard InChI is InChI=1S/C10H16F2N2O5.C3H8/c1-18-7(4-13-9(17)19-2)14-5-10(11,12)3-6(14)8(15)16;1-3-2/h6-7H,3-5H2,1-2H3,(H,13,17)(H,15,16);3H2,1-2H3. The van der Waals surface area contributed by atoms with Crippen molar-refractivity contribution in [2.75, 3.05) is 27.3 Å². The zero-order valence-electron chi connectivity index (χ0n) is 13.3. The number of alkyl halides is 2. The summed E-state index contributed by atoms with van der Waals surface area (Å²) in [5.74, 6) is -4.44. The lowest BCUT2D eigenvalue weighted by atomic mass is 10.2. The predicted molar refractivity (Wildman–Crippen MR) is 74.9 cm³/mol. The molecule has 0 saturated carbocycles. The number of carbonyl (C=O) groups is 2. The van der Waals surface area contributed by atoms with Crippen LogP contribution in [0.1, 0.15) is 26.7 Å². The highest BCUT2D eigenvalue weighted by Crippen LogP contribution is 2.33. The number of hydrogen-bond acceptors (Lipinski definition) is 5. The number of ether oxygens (including phenoxy) is 2. The fraction of sp³-hybridized carbons (Fsp3) is 0.846. The average molecular weight is 326 g/mol. The van der Waals surface area contributed by atoms with Crippen LogP contribution >= 0.6 is 0 Å². The second-order valence-electron chi connectivity index (χ2n) is 4.86. The maximum Gasteiger partial charge on any atom is 0.406 e. The molecule has 0 spiro atoms. The fourth-order valence-corrected chi connectivity index (χ4v) is 1.95. The molecule has 0 aliphatic carbocycles. The summed E-state index contributed by atoms with van der Waals surface area (Å²) in [7, 11) is 2.40. The molecule has 7 nitrogen and oxygen atoms in total. The maximum absolute atomic E-state index is 13.3. The molecule has 0 aromatic rings. The minimum atomic E-state index is -3.09. The van der Waals surface area contributed by atoms with Gasteiger partial charge in [-0.2, -0.15) is 0 Å². The second-order valence-corrected chi connectivity index (χ2v) is 4.86. The summed E-state index contributed by atoms with van der Waals surface area (Å²) >= 11 is 0.